The topological polar surface area (TPSA) is 86.8 Å². The highest BCUT2D eigenvalue weighted by molar-refractivity contribution is 7.92. The zero-order chi connectivity index (χ0) is 33.4. The van der Waals surface area contributed by atoms with Crippen molar-refractivity contribution in [2.24, 2.45) is 5.92 Å². The van der Waals surface area contributed by atoms with Crippen LogP contribution in [0.3, 0.4) is 0 Å². The Kier molecular flexibility index (Phi) is 11.7. The first kappa shape index (κ1) is 34.7. The van der Waals surface area contributed by atoms with E-state index >= 15 is 0 Å². The molecule has 0 spiro atoms. The molecule has 0 unspecified atom stereocenters. The molecule has 242 valence electrons. The van der Waals surface area contributed by atoms with Crippen molar-refractivity contribution >= 4 is 39.1 Å². The number of halogens is 1. The summed E-state index contributed by atoms with van der Waals surface area (Å²) in [5.74, 6) is -0.617. The normalized spacial score (nSPS) is 12.1. The number of anilines is 1. The van der Waals surface area contributed by atoms with E-state index < -0.39 is 28.5 Å². The van der Waals surface area contributed by atoms with E-state index in [0.29, 0.717) is 22.8 Å². The highest BCUT2D eigenvalue weighted by Gasteiger charge is 2.35. The Hall–Kier alpha value is -4.14. The largest absolute Gasteiger partial charge is 0.354 e. The zero-order valence-corrected chi connectivity index (χ0v) is 28.6. The van der Waals surface area contributed by atoms with Crippen molar-refractivity contribution in [3.8, 4) is 0 Å². The molecule has 2 amide bonds. The lowest BCUT2D eigenvalue weighted by atomic mass is 10.0. The lowest BCUT2D eigenvalue weighted by Crippen LogP contribution is -2.54. The monoisotopic (exact) mass is 659 g/mol. The van der Waals surface area contributed by atoms with Crippen molar-refractivity contribution < 1.29 is 18.0 Å². The minimum atomic E-state index is -4.22. The Morgan fingerprint density at radius 3 is 2.13 bits per heavy atom. The van der Waals surface area contributed by atoms with Crippen molar-refractivity contribution in [1.82, 2.24) is 10.2 Å². The van der Waals surface area contributed by atoms with E-state index in [2.05, 4.69) is 5.32 Å². The molecule has 9 heteroatoms. The van der Waals surface area contributed by atoms with Gasteiger partial charge in [0.2, 0.25) is 11.8 Å². The molecule has 0 bridgehead atoms. The van der Waals surface area contributed by atoms with Crippen LogP contribution in [0.25, 0.3) is 0 Å². The lowest BCUT2D eigenvalue weighted by molar-refractivity contribution is -0.140. The number of rotatable bonds is 13. The van der Waals surface area contributed by atoms with Gasteiger partial charge in [0, 0.05) is 24.5 Å². The number of nitrogens with one attached hydrogen (secondary N) is 1. The van der Waals surface area contributed by atoms with E-state index in [9.17, 15) is 18.0 Å². The summed E-state index contributed by atoms with van der Waals surface area (Å²) < 4.78 is 29.7. The van der Waals surface area contributed by atoms with E-state index in [1.807, 2.05) is 82.3 Å². The van der Waals surface area contributed by atoms with Gasteiger partial charge in [-0.3, -0.25) is 13.9 Å². The van der Waals surface area contributed by atoms with Crippen LogP contribution in [-0.2, 0) is 32.6 Å². The van der Waals surface area contributed by atoms with Gasteiger partial charge < -0.3 is 10.2 Å². The Morgan fingerprint density at radius 1 is 0.826 bits per heavy atom. The van der Waals surface area contributed by atoms with E-state index in [0.717, 1.165) is 26.6 Å². The van der Waals surface area contributed by atoms with Crippen molar-refractivity contribution in [3.63, 3.8) is 0 Å². The summed E-state index contributed by atoms with van der Waals surface area (Å²) >= 11 is 6.37. The van der Waals surface area contributed by atoms with Crippen LogP contribution in [0.15, 0.2) is 102 Å². The summed E-state index contributed by atoms with van der Waals surface area (Å²) in [6, 6.07) is 27.8. The Morgan fingerprint density at radius 2 is 1.48 bits per heavy atom. The molecule has 0 fully saturated rings. The van der Waals surface area contributed by atoms with Crippen molar-refractivity contribution in [3.05, 3.63) is 130 Å². The SMILES string of the molecule is Cc1ccc(S(=O)(=O)N(CC(=O)N(Cc2ccccc2C)[C@H](Cc2ccccc2)C(=O)NCC(C)C)c2cc(Cl)ccc2C)cc1. The van der Waals surface area contributed by atoms with Crippen molar-refractivity contribution in [2.75, 3.05) is 17.4 Å². The molecule has 0 heterocycles. The van der Waals surface area contributed by atoms with Gasteiger partial charge in [-0.05, 0) is 73.2 Å². The highest BCUT2D eigenvalue weighted by atomic mass is 35.5. The van der Waals surface area contributed by atoms with Crippen LogP contribution >= 0.6 is 11.6 Å². The maximum Gasteiger partial charge on any atom is 0.264 e. The van der Waals surface area contributed by atoms with Crippen LogP contribution < -0.4 is 9.62 Å². The fourth-order valence-electron chi connectivity index (χ4n) is 5.15. The van der Waals surface area contributed by atoms with Gasteiger partial charge in [-0.15, -0.1) is 0 Å². The van der Waals surface area contributed by atoms with Crippen molar-refractivity contribution in [2.45, 2.75) is 58.5 Å². The smallest absolute Gasteiger partial charge is 0.264 e. The second kappa shape index (κ2) is 15.4. The number of sulfonamides is 1. The van der Waals surface area contributed by atoms with Crippen LogP contribution in [0.4, 0.5) is 5.69 Å². The van der Waals surface area contributed by atoms with E-state index in [4.69, 9.17) is 11.6 Å². The molecule has 1 atom stereocenters. The van der Waals surface area contributed by atoms with Crippen LogP contribution in [0, 0.1) is 26.7 Å². The first-order chi connectivity index (χ1) is 21.9. The molecule has 0 saturated carbocycles. The number of aryl methyl sites for hydroxylation is 3. The van der Waals surface area contributed by atoms with Gasteiger partial charge in [-0.2, -0.15) is 0 Å². The second-order valence-electron chi connectivity index (χ2n) is 12.0. The van der Waals surface area contributed by atoms with Crippen molar-refractivity contribution in [1.29, 1.82) is 0 Å². The van der Waals surface area contributed by atoms with Crippen LogP contribution in [-0.4, -0.2) is 44.3 Å². The molecule has 0 aliphatic carbocycles. The van der Waals surface area contributed by atoms with Crippen LogP contribution in [0.5, 0.6) is 0 Å². The van der Waals surface area contributed by atoms with E-state index in [1.165, 1.54) is 17.0 Å². The number of benzene rings is 4. The maximum atomic E-state index is 14.7. The number of hydrogen-bond acceptors (Lipinski definition) is 4. The number of nitrogens with zero attached hydrogens (tertiary/aromatic N) is 2. The molecule has 7 nitrogen and oxygen atoms in total. The average Bonchev–Trinajstić information content (AvgIpc) is 3.03. The first-order valence-electron chi connectivity index (χ1n) is 15.4. The lowest BCUT2D eigenvalue weighted by Gasteiger charge is -2.34. The third-order valence-corrected chi connectivity index (χ3v) is 9.89. The molecule has 0 saturated heterocycles. The fraction of sp³-hybridized carbons (Fsp3) is 0.297. The molecule has 46 heavy (non-hydrogen) atoms. The molecule has 0 aromatic heterocycles. The van der Waals surface area contributed by atoms with Gasteiger partial charge >= 0.3 is 0 Å². The minimum Gasteiger partial charge on any atom is -0.354 e. The summed E-state index contributed by atoms with van der Waals surface area (Å²) in [7, 11) is -4.22. The Labute approximate surface area is 278 Å². The van der Waals surface area contributed by atoms with Crippen LogP contribution in [0.2, 0.25) is 5.02 Å². The summed E-state index contributed by atoms with van der Waals surface area (Å²) in [5, 5.41) is 3.36. The van der Waals surface area contributed by atoms with Gasteiger partial charge in [0.15, 0.2) is 0 Å². The number of hydrogen-bond donors (Lipinski definition) is 1. The van der Waals surface area contributed by atoms with Gasteiger partial charge in [-0.1, -0.05) is 104 Å². The Balaban J connectivity index is 1.84. The molecular weight excluding hydrogens is 618 g/mol. The highest BCUT2D eigenvalue weighted by Crippen LogP contribution is 2.30. The first-order valence-corrected chi connectivity index (χ1v) is 17.2. The molecular formula is C37H42ClN3O4S. The van der Waals surface area contributed by atoms with E-state index in [-0.39, 0.29) is 29.7 Å². The summed E-state index contributed by atoms with van der Waals surface area (Å²) in [6.45, 7) is 9.62. The third-order valence-electron chi connectivity index (χ3n) is 7.89. The number of carbonyl (C=O) groups excluding carboxylic acids is 2. The van der Waals surface area contributed by atoms with E-state index in [1.54, 1.807) is 37.3 Å². The predicted molar refractivity (Wildman–Crippen MR) is 185 cm³/mol. The molecule has 4 aromatic carbocycles. The van der Waals surface area contributed by atoms with Gasteiger partial charge in [-0.25, -0.2) is 8.42 Å². The van der Waals surface area contributed by atoms with Gasteiger partial charge in [0.1, 0.15) is 12.6 Å². The summed E-state index contributed by atoms with van der Waals surface area (Å²) in [6.07, 6.45) is 0.253. The molecule has 0 aliphatic rings. The fourth-order valence-corrected chi connectivity index (χ4v) is 6.79. The third kappa shape index (κ3) is 8.77. The molecule has 4 aromatic rings. The minimum absolute atomic E-state index is 0.0474. The van der Waals surface area contributed by atoms with Gasteiger partial charge in [0.25, 0.3) is 10.0 Å². The second-order valence-corrected chi connectivity index (χ2v) is 14.3. The molecule has 1 N–H and O–H groups in total. The zero-order valence-electron chi connectivity index (χ0n) is 27.0. The number of carbonyl (C=O) groups is 2. The summed E-state index contributed by atoms with van der Waals surface area (Å²) in [5.41, 5.74) is 4.52. The predicted octanol–water partition coefficient (Wildman–Crippen LogP) is 6.87. The molecule has 0 radical (unpaired) electrons. The quantitative estimate of drug-likeness (QED) is 0.170. The molecule has 4 rings (SSSR count). The molecule has 0 aliphatic heterocycles. The van der Waals surface area contributed by atoms with Gasteiger partial charge in [0.05, 0.1) is 10.6 Å². The van der Waals surface area contributed by atoms with Crippen LogP contribution in [0.1, 0.15) is 41.7 Å². The average molecular weight is 660 g/mol. The number of amides is 2. The summed E-state index contributed by atoms with van der Waals surface area (Å²) in [4.78, 5) is 30.1. The Bertz CT molecular complexity index is 1760. The maximum absolute atomic E-state index is 14.7. The standard InChI is InChI=1S/C37H42ClN3O4S/c1-26(2)23-39-37(43)35(21-30-12-7-6-8-13-30)40(24-31-14-10-9-11-28(31)4)36(42)25-41(34-22-32(38)18-17-29(34)5)46(44,45)33-19-15-27(3)16-20-33/h6-20,22,26,35H,21,23-25H2,1-5H3,(H,39,43)/t35-/m1/s1.